The Balaban J connectivity index is 1.56. The molecule has 4 aromatic rings. The summed E-state index contributed by atoms with van der Waals surface area (Å²) in [4.78, 5) is 19.0. The number of amides is 1. The van der Waals surface area contributed by atoms with E-state index < -0.39 is 6.04 Å². The van der Waals surface area contributed by atoms with Crippen molar-refractivity contribution in [3.63, 3.8) is 0 Å². The third kappa shape index (κ3) is 7.56. The summed E-state index contributed by atoms with van der Waals surface area (Å²) < 4.78 is 14.8. The maximum atomic E-state index is 14.2. The molecular weight excluding hydrogens is 686 g/mol. The van der Waals surface area contributed by atoms with Crippen LogP contribution in [-0.4, -0.2) is 33.9 Å². The van der Waals surface area contributed by atoms with E-state index in [9.17, 15) is 4.79 Å². The fraction of sp³-hybridized carbons (Fsp3) is 0.343. The maximum absolute atomic E-state index is 14.2. The number of rotatable bonds is 13. The van der Waals surface area contributed by atoms with Crippen LogP contribution in [0.4, 0.5) is 11.6 Å². The summed E-state index contributed by atoms with van der Waals surface area (Å²) in [6.07, 6.45) is 3.14. The Morgan fingerprint density at radius 2 is 1.89 bits per heavy atom. The number of aromatic nitrogens is 3. The summed E-state index contributed by atoms with van der Waals surface area (Å²) in [6.45, 7) is 11.1. The number of fused-ring (bicyclic) bond motifs is 1. The molecule has 5 rings (SSSR count). The topological polar surface area (TPSA) is 90.3 Å². The molecular formula is C35H39BrClN5O3S. The largest absolute Gasteiger partial charge is 0.490 e. The molecule has 0 spiro atoms. The molecule has 0 fully saturated rings. The van der Waals surface area contributed by atoms with E-state index in [1.807, 2.05) is 82.3 Å². The quantitative estimate of drug-likeness (QED) is 0.105. The standard InChI is InChI=1S/C35H39BrClN5O3S/c1-6-8-11-17-45-32-26(36)18-25(19-29(32)44-7-2)31-30(33(43)39-28-16-12-13-21(3)22(28)4)23(5)38-34-40-35(41-42(31)34)46-20-24-14-9-10-15-27(24)37/h9-10,12-16,18-19,31H,6-8,11,17,20H2,1-5H3,(H,39,43)(H,38,40,41). The number of anilines is 2. The van der Waals surface area contributed by atoms with Gasteiger partial charge in [-0.05, 0) is 96.6 Å². The number of benzene rings is 3. The highest BCUT2D eigenvalue weighted by molar-refractivity contribution is 9.10. The molecule has 0 saturated carbocycles. The predicted octanol–water partition coefficient (Wildman–Crippen LogP) is 9.50. The monoisotopic (exact) mass is 723 g/mol. The number of thioether (sulfide) groups is 1. The van der Waals surface area contributed by atoms with Crippen LogP contribution in [0, 0.1) is 13.8 Å². The lowest BCUT2D eigenvalue weighted by molar-refractivity contribution is -0.113. The normalized spacial score (nSPS) is 14.1. The van der Waals surface area contributed by atoms with Crippen molar-refractivity contribution in [2.24, 2.45) is 0 Å². The number of carbonyl (C=O) groups is 1. The Hall–Kier alpha value is -3.47. The van der Waals surface area contributed by atoms with Gasteiger partial charge in [-0.25, -0.2) is 4.68 Å². The van der Waals surface area contributed by atoms with E-state index in [-0.39, 0.29) is 5.91 Å². The van der Waals surface area contributed by atoms with Gasteiger partial charge in [0.1, 0.15) is 6.04 Å². The number of aryl methyl sites for hydroxylation is 1. The second kappa shape index (κ2) is 15.4. The zero-order valence-electron chi connectivity index (χ0n) is 26.7. The van der Waals surface area contributed by atoms with Gasteiger partial charge in [0.25, 0.3) is 5.91 Å². The van der Waals surface area contributed by atoms with Crippen molar-refractivity contribution in [1.29, 1.82) is 0 Å². The number of hydrogen-bond acceptors (Lipinski definition) is 7. The third-order valence-corrected chi connectivity index (χ3v) is 9.73. The summed E-state index contributed by atoms with van der Waals surface area (Å²) in [5.74, 6) is 2.16. The van der Waals surface area contributed by atoms with Gasteiger partial charge >= 0.3 is 0 Å². The first-order valence-electron chi connectivity index (χ1n) is 15.5. The molecule has 2 N–H and O–H groups in total. The fourth-order valence-electron chi connectivity index (χ4n) is 5.30. The van der Waals surface area contributed by atoms with Crippen molar-refractivity contribution in [2.75, 3.05) is 23.8 Å². The zero-order chi connectivity index (χ0) is 32.8. The highest BCUT2D eigenvalue weighted by Gasteiger charge is 2.36. The minimum absolute atomic E-state index is 0.232. The van der Waals surface area contributed by atoms with E-state index in [0.29, 0.717) is 57.9 Å². The Morgan fingerprint density at radius 3 is 2.65 bits per heavy atom. The highest BCUT2D eigenvalue weighted by atomic mass is 79.9. The van der Waals surface area contributed by atoms with Gasteiger partial charge in [0.05, 0.1) is 23.3 Å². The minimum atomic E-state index is -0.604. The van der Waals surface area contributed by atoms with E-state index in [1.54, 1.807) is 4.68 Å². The number of nitrogens with one attached hydrogen (secondary N) is 2. The molecule has 1 aliphatic heterocycles. The van der Waals surface area contributed by atoms with Crippen LogP contribution >= 0.6 is 39.3 Å². The fourth-order valence-corrected chi connectivity index (χ4v) is 6.99. The molecule has 0 radical (unpaired) electrons. The summed E-state index contributed by atoms with van der Waals surface area (Å²) in [6, 6.07) is 17.0. The van der Waals surface area contributed by atoms with Gasteiger partial charge in [0.15, 0.2) is 11.5 Å². The average molecular weight is 725 g/mol. The van der Waals surface area contributed by atoms with Gasteiger partial charge < -0.3 is 20.1 Å². The molecule has 1 atom stereocenters. The van der Waals surface area contributed by atoms with Gasteiger partial charge in [0.2, 0.25) is 11.1 Å². The summed E-state index contributed by atoms with van der Waals surface area (Å²) >= 11 is 11.7. The molecule has 1 amide bonds. The van der Waals surface area contributed by atoms with Crippen molar-refractivity contribution < 1.29 is 14.3 Å². The number of nitrogens with zero attached hydrogens (tertiary/aromatic N) is 3. The van der Waals surface area contributed by atoms with Crippen molar-refractivity contribution >= 4 is 56.8 Å². The molecule has 2 heterocycles. The van der Waals surface area contributed by atoms with Crippen molar-refractivity contribution in [1.82, 2.24) is 14.8 Å². The molecule has 46 heavy (non-hydrogen) atoms. The maximum Gasteiger partial charge on any atom is 0.255 e. The van der Waals surface area contributed by atoms with E-state index in [0.717, 1.165) is 51.7 Å². The molecule has 1 aromatic heterocycles. The van der Waals surface area contributed by atoms with Crippen LogP contribution in [0.15, 0.2) is 75.5 Å². The minimum Gasteiger partial charge on any atom is -0.490 e. The number of ether oxygens (including phenoxy) is 2. The van der Waals surface area contributed by atoms with Gasteiger partial charge in [-0.3, -0.25) is 4.79 Å². The van der Waals surface area contributed by atoms with Crippen LogP contribution in [0.5, 0.6) is 11.5 Å². The Morgan fingerprint density at radius 1 is 1.09 bits per heavy atom. The molecule has 1 aliphatic rings. The summed E-state index contributed by atoms with van der Waals surface area (Å²) in [7, 11) is 0. The third-order valence-electron chi connectivity index (χ3n) is 7.89. The number of carbonyl (C=O) groups excluding carboxylic acids is 1. The molecule has 0 bridgehead atoms. The number of halogens is 2. The lowest BCUT2D eigenvalue weighted by atomic mass is 9.94. The van der Waals surface area contributed by atoms with Crippen LogP contribution in [0.1, 0.15) is 68.3 Å². The molecule has 3 aromatic carbocycles. The Labute approximate surface area is 288 Å². The second-order valence-electron chi connectivity index (χ2n) is 11.1. The van der Waals surface area contributed by atoms with E-state index >= 15 is 0 Å². The first-order chi connectivity index (χ1) is 22.2. The first kappa shape index (κ1) is 33.9. The van der Waals surface area contributed by atoms with E-state index in [1.165, 1.54) is 11.8 Å². The molecule has 8 nitrogen and oxygen atoms in total. The Kier molecular flexibility index (Phi) is 11.4. The summed E-state index contributed by atoms with van der Waals surface area (Å²) in [5, 5.41) is 12.7. The van der Waals surface area contributed by atoms with Gasteiger partial charge in [-0.1, -0.05) is 73.5 Å². The van der Waals surface area contributed by atoms with Crippen LogP contribution in [0.3, 0.4) is 0 Å². The van der Waals surface area contributed by atoms with E-state index in [2.05, 4.69) is 33.5 Å². The molecule has 1 unspecified atom stereocenters. The Bertz CT molecular complexity index is 1760. The highest BCUT2D eigenvalue weighted by Crippen LogP contribution is 2.44. The van der Waals surface area contributed by atoms with Crippen molar-refractivity contribution in [2.45, 2.75) is 70.8 Å². The molecule has 0 saturated heterocycles. The van der Waals surface area contributed by atoms with Crippen LogP contribution < -0.4 is 20.1 Å². The molecule has 11 heteroatoms. The number of hydrogen-bond donors (Lipinski definition) is 2. The van der Waals surface area contributed by atoms with E-state index in [4.69, 9.17) is 31.2 Å². The first-order valence-corrected chi connectivity index (χ1v) is 17.6. The van der Waals surface area contributed by atoms with Crippen molar-refractivity contribution in [3.8, 4) is 11.5 Å². The lowest BCUT2D eigenvalue weighted by Crippen LogP contribution is -2.31. The number of unbranched alkanes of at least 4 members (excludes halogenated alkanes) is 2. The lowest BCUT2D eigenvalue weighted by Gasteiger charge is -2.29. The van der Waals surface area contributed by atoms with Gasteiger partial charge in [0, 0.05) is 22.2 Å². The smallest absolute Gasteiger partial charge is 0.255 e. The zero-order valence-corrected chi connectivity index (χ0v) is 29.9. The van der Waals surface area contributed by atoms with Crippen LogP contribution in [0.2, 0.25) is 5.02 Å². The SMILES string of the molecule is CCCCCOc1c(Br)cc(C2C(C(=O)Nc3cccc(C)c3C)=C(C)Nc3nc(SCc4ccccc4Cl)nn32)cc1OCC. The second-order valence-corrected chi connectivity index (χ2v) is 13.3. The number of allylic oxidation sites excluding steroid dienone is 1. The summed E-state index contributed by atoms with van der Waals surface area (Å²) in [5.41, 5.74) is 5.87. The van der Waals surface area contributed by atoms with Crippen LogP contribution in [-0.2, 0) is 10.5 Å². The average Bonchev–Trinajstić information content (AvgIpc) is 3.43. The van der Waals surface area contributed by atoms with Gasteiger partial charge in [-0.2, -0.15) is 4.98 Å². The molecule has 242 valence electrons. The predicted molar refractivity (Wildman–Crippen MR) is 190 cm³/mol. The van der Waals surface area contributed by atoms with Crippen molar-refractivity contribution in [3.05, 3.63) is 97.6 Å². The molecule has 0 aliphatic carbocycles. The van der Waals surface area contributed by atoms with Gasteiger partial charge in [-0.15, -0.1) is 5.10 Å². The van der Waals surface area contributed by atoms with Crippen LogP contribution in [0.25, 0.3) is 0 Å².